The normalized spacial score (nSPS) is 32.5. The molecule has 0 amide bonds. The molecule has 1 aliphatic carbocycles. The van der Waals surface area contributed by atoms with E-state index in [9.17, 15) is 0 Å². The predicted octanol–water partition coefficient (Wildman–Crippen LogP) is 1.93. The molecular formula is C11H23NO. The molecule has 0 radical (unpaired) electrons. The van der Waals surface area contributed by atoms with Gasteiger partial charge in [0.15, 0.2) is 0 Å². The molecule has 0 heterocycles. The summed E-state index contributed by atoms with van der Waals surface area (Å²) in [6.07, 6.45) is 6.44. The van der Waals surface area contributed by atoms with Gasteiger partial charge in [-0.2, -0.15) is 0 Å². The smallest absolute Gasteiger partial charge is 0.0636 e. The number of aliphatic hydroxyl groups is 1. The Bertz CT molecular complexity index is 136. The minimum atomic E-state index is -0.208. The Balaban J connectivity index is 2.18. The van der Waals surface area contributed by atoms with Crippen LogP contribution in [0.25, 0.3) is 0 Å². The van der Waals surface area contributed by atoms with E-state index in [1.54, 1.807) is 0 Å². The molecule has 78 valence electrons. The van der Waals surface area contributed by atoms with E-state index in [0.717, 1.165) is 12.5 Å². The molecule has 1 saturated carbocycles. The van der Waals surface area contributed by atoms with Gasteiger partial charge in [0.1, 0.15) is 0 Å². The van der Waals surface area contributed by atoms with E-state index in [2.05, 4.69) is 12.2 Å². The quantitative estimate of drug-likeness (QED) is 0.658. The largest absolute Gasteiger partial charge is 0.392 e. The predicted molar refractivity (Wildman–Crippen MR) is 55.7 cm³/mol. The highest BCUT2D eigenvalue weighted by Crippen LogP contribution is 2.22. The fourth-order valence-corrected chi connectivity index (χ4v) is 2.03. The lowest BCUT2D eigenvalue weighted by molar-refractivity contribution is 0.184. The lowest BCUT2D eigenvalue weighted by atomic mass is 10.0. The molecule has 3 atom stereocenters. The van der Waals surface area contributed by atoms with Gasteiger partial charge >= 0.3 is 0 Å². The zero-order chi connectivity index (χ0) is 9.68. The molecule has 0 aromatic rings. The van der Waals surface area contributed by atoms with Gasteiger partial charge in [0, 0.05) is 12.6 Å². The third-order valence-electron chi connectivity index (χ3n) is 2.96. The van der Waals surface area contributed by atoms with E-state index in [0.29, 0.717) is 6.04 Å². The van der Waals surface area contributed by atoms with Crippen LogP contribution in [0.5, 0.6) is 0 Å². The average molecular weight is 185 g/mol. The molecule has 2 N–H and O–H groups in total. The molecule has 2 nitrogen and oxygen atoms in total. The van der Waals surface area contributed by atoms with Crippen LogP contribution in [0.4, 0.5) is 0 Å². The van der Waals surface area contributed by atoms with E-state index in [1.165, 1.54) is 32.1 Å². The van der Waals surface area contributed by atoms with Crippen LogP contribution in [0.1, 0.15) is 46.0 Å². The topological polar surface area (TPSA) is 32.3 Å². The second-order valence-corrected chi connectivity index (χ2v) is 4.57. The van der Waals surface area contributed by atoms with Crippen LogP contribution in [0.2, 0.25) is 0 Å². The van der Waals surface area contributed by atoms with Crippen LogP contribution in [0.3, 0.4) is 0 Å². The van der Waals surface area contributed by atoms with Crippen molar-refractivity contribution in [2.45, 2.75) is 58.1 Å². The summed E-state index contributed by atoms with van der Waals surface area (Å²) < 4.78 is 0. The van der Waals surface area contributed by atoms with E-state index >= 15 is 0 Å². The number of nitrogens with one attached hydrogen (secondary N) is 1. The molecule has 0 aliphatic heterocycles. The number of hydrogen-bond acceptors (Lipinski definition) is 2. The molecule has 0 aromatic heterocycles. The number of aliphatic hydroxyl groups excluding tert-OH is 1. The van der Waals surface area contributed by atoms with Crippen LogP contribution < -0.4 is 5.32 Å². The van der Waals surface area contributed by atoms with Crippen LogP contribution in [-0.4, -0.2) is 23.8 Å². The Hall–Kier alpha value is -0.0800. The van der Waals surface area contributed by atoms with Crippen LogP contribution >= 0.6 is 0 Å². The maximum Gasteiger partial charge on any atom is 0.0636 e. The minimum Gasteiger partial charge on any atom is -0.392 e. The molecule has 3 unspecified atom stereocenters. The highest BCUT2D eigenvalue weighted by atomic mass is 16.3. The summed E-state index contributed by atoms with van der Waals surface area (Å²) in [6, 6.07) is 0.652. The Morgan fingerprint density at radius 2 is 2.08 bits per heavy atom. The molecule has 0 bridgehead atoms. The third-order valence-corrected chi connectivity index (χ3v) is 2.96. The van der Waals surface area contributed by atoms with Crippen LogP contribution in [-0.2, 0) is 0 Å². The maximum absolute atomic E-state index is 9.14. The van der Waals surface area contributed by atoms with Crippen LogP contribution in [0.15, 0.2) is 0 Å². The van der Waals surface area contributed by atoms with Gasteiger partial charge in [0.05, 0.1) is 6.10 Å². The van der Waals surface area contributed by atoms with Gasteiger partial charge in [-0.05, 0) is 32.1 Å². The Morgan fingerprint density at radius 3 is 2.77 bits per heavy atom. The Kier molecular flexibility index (Phi) is 4.74. The van der Waals surface area contributed by atoms with Crippen molar-refractivity contribution in [3.63, 3.8) is 0 Å². The number of hydrogen-bond donors (Lipinski definition) is 2. The van der Waals surface area contributed by atoms with Crippen molar-refractivity contribution in [2.24, 2.45) is 5.92 Å². The summed E-state index contributed by atoms with van der Waals surface area (Å²) in [5.41, 5.74) is 0. The first kappa shape index (κ1) is 11.0. The summed E-state index contributed by atoms with van der Waals surface area (Å²) in [5.74, 6) is 0.901. The molecule has 0 aromatic carbocycles. The van der Waals surface area contributed by atoms with Gasteiger partial charge < -0.3 is 10.4 Å². The van der Waals surface area contributed by atoms with E-state index in [-0.39, 0.29) is 6.10 Å². The molecule has 0 spiro atoms. The molecule has 2 heteroatoms. The Morgan fingerprint density at radius 1 is 1.31 bits per heavy atom. The van der Waals surface area contributed by atoms with Gasteiger partial charge in [-0.15, -0.1) is 0 Å². The summed E-state index contributed by atoms with van der Waals surface area (Å²) in [6.45, 7) is 4.93. The summed E-state index contributed by atoms with van der Waals surface area (Å²) in [5, 5.41) is 12.6. The maximum atomic E-state index is 9.14. The van der Waals surface area contributed by atoms with E-state index in [4.69, 9.17) is 5.11 Å². The highest BCUT2D eigenvalue weighted by Gasteiger charge is 2.15. The summed E-state index contributed by atoms with van der Waals surface area (Å²) in [4.78, 5) is 0. The zero-order valence-electron chi connectivity index (χ0n) is 8.92. The first-order chi connectivity index (χ1) is 6.18. The molecule has 13 heavy (non-hydrogen) atoms. The van der Waals surface area contributed by atoms with Crippen molar-refractivity contribution in [2.75, 3.05) is 6.54 Å². The van der Waals surface area contributed by atoms with Gasteiger partial charge in [-0.25, -0.2) is 0 Å². The summed E-state index contributed by atoms with van der Waals surface area (Å²) >= 11 is 0. The van der Waals surface area contributed by atoms with Crippen molar-refractivity contribution >= 4 is 0 Å². The Labute approximate surface area is 81.7 Å². The molecule has 1 rings (SSSR count). The van der Waals surface area contributed by atoms with Crippen LogP contribution in [0, 0.1) is 5.92 Å². The molecule has 1 fully saturated rings. The van der Waals surface area contributed by atoms with Crippen molar-refractivity contribution in [1.29, 1.82) is 0 Å². The van der Waals surface area contributed by atoms with Crippen molar-refractivity contribution in [3.05, 3.63) is 0 Å². The van der Waals surface area contributed by atoms with E-state index in [1.807, 2.05) is 6.92 Å². The average Bonchev–Trinajstić information content (AvgIpc) is 2.27. The second kappa shape index (κ2) is 5.61. The zero-order valence-corrected chi connectivity index (χ0v) is 8.92. The van der Waals surface area contributed by atoms with Gasteiger partial charge in [0.2, 0.25) is 0 Å². The molecule has 0 saturated heterocycles. The monoisotopic (exact) mass is 185 g/mol. The fourth-order valence-electron chi connectivity index (χ4n) is 2.03. The molecule has 1 aliphatic rings. The third kappa shape index (κ3) is 4.63. The standard InChI is InChI=1S/C11H23NO/c1-9-4-3-5-11(7-6-9)12-8-10(2)13/h9-13H,3-8H2,1-2H3. The minimum absolute atomic E-state index is 0.208. The van der Waals surface area contributed by atoms with Gasteiger partial charge in [0.25, 0.3) is 0 Å². The van der Waals surface area contributed by atoms with Gasteiger partial charge in [-0.1, -0.05) is 19.8 Å². The first-order valence-electron chi connectivity index (χ1n) is 5.60. The lowest BCUT2D eigenvalue weighted by Crippen LogP contribution is -2.34. The molecular weight excluding hydrogens is 162 g/mol. The summed E-state index contributed by atoms with van der Waals surface area (Å²) in [7, 11) is 0. The lowest BCUT2D eigenvalue weighted by Gasteiger charge is -2.17. The SMILES string of the molecule is CC(O)CNC1CCCC(C)CC1. The van der Waals surface area contributed by atoms with E-state index < -0.39 is 0 Å². The fraction of sp³-hybridized carbons (Fsp3) is 1.00. The van der Waals surface area contributed by atoms with Gasteiger partial charge in [-0.3, -0.25) is 0 Å². The highest BCUT2D eigenvalue weighted by molar-refractivity contribution is 4.73. The number of rotatable bonds is 3. The first-order valence-corrected chi connectivity index (χ1v) is 5.60. The van der Waals surface area contributed by atoms with Crippen molar-refractivity contribution < 1.29 is 5.11 Å². The van der Waals surface area contributed by atoms with Crippen molar-refractivity contribution in [1.82, 2.24) is 5.32 Å². The van der Waals surface area contributed by atoms with Crippen molar-refractivity contribution in [3.8, 4) is 0 Å². The second-order valence-electron chi connectivity index (χ2n) is 4.57.